The van der Waals surface area contributed by atoms with Gasteiger partial charge in [-0.25, -0.2) is 0 Å². The molecule has 0 heterocycles. The third-order valence-corrected chi connectivity index (χ3v) is 2.56. The average Bonchev–Trinajstić information content (AvgIpc) is 3.04. The maximum atomic E-state index is 11.7. The van der Waals surface area contributed by atoms with Crippen LogP contribution >= 0.6 is 0 Å². The van der Waals surface area contributed by atoms with Gasteiger partial charge in [-0.15, -0.1) is 0 Å². The molecular formula is C11H19N3O3. The summed E-state index contributed by atoms with van der Waals surface area (Å²) in [6.07, 6.45) is 1.75. The summed E-state index contributed by atoms with van der Waals surface area (Å²) in [6.45, 7) is 5.00. The van der Waals surface area contributed by atoms with Crippen molar-refractivity contribution in [3.05, 3.63) is 0 Å². The second-order valence-corrected chi connectivity index (χ2v) is 4.67. The Kier molecular flexibility index (Phi) is 4.48. The van der Waals surface area contributed by atoms with E-state index in [0.717, 1.165) is 12.8 Å². The van der Waals surface area contributed by atoms with E-state index < -0.39 is 11.9 Å². The van der Waals surface area contributed by atoms with Crippen LogP contribution in [0.25, 0.3) is 0 Å². The SMILES string of the molecule is CC(=O)NC(C(=O)NNC(=O)C1CC1)C(C)C. The van der Waals surface area contributed by atoms with Crippen molar-refractivity contribution in [1.29, 1.82) is 0 Å². The molecule has 0 aromatic heterocycles. The maximum Gasteiger partial charge on any atom is 0.261 e. The topological polar surface area (TPSA) is 87.3 Å². The van der Waals surface area contributed by atoms with E-state index in [2.05, 4.69) is 16.2 Å². The molecule has 0 aromatic carbocycles. The highest BCUT2D eigenvalue weighted by molar-refractivity contribution is 5.89. The standard InChI is InChI=1S/C11H19N3O3/c1-6(2)9(12-7(3)15)11(17)14-13-10(16)8-4-5-8/h6,8-9H,4-5H2,1-3H3,(H,12,15)(H,13,16)(H,14,17). The van der Waals surface area contributed by atoms with Crippen LogP contribution in [0.5, 0.6) is 0 Å². The molecule has 1 aliphatic rings. The Balaban J connectivity index is 2.41. The van der Waals surface area contributed by atoms with E-state index in [4.69, 9.17) is 0 Å². The average molecular weight is 241 g/mol. The Labute approximate surface area is 100 Å². The summed E-state index contributed by atoms with van der Waals surface area (Å²) in [5, 5.41) is 2.55. The number of carbonyl (C=O) groups is 3. The lowest BCUT2D eigenvalue weighted by Gasteiger charge is -2.20. The minimum Gasteiger partial charge on any atom is -0.344 e. The van der Waals surface area contributed by atoms with Gasteiger partial charge in [-0.2, -0.15) is 0 Å². The highest BCUT2D eigenvalue weighted by atomic mass is 16.2. The smallest absolute Gasteiger partial charge is 0.261 e. The molecule has 1 fully saturated rings. The first kappa shape index (κ1) is 13.5. The van der Waals surface area contributed by atoms with Gasteiger partial charge in [-0.3, -0.25) is 25.2 Å². The fraction of sp³-hybridized carbons (Fsp3) is 0.727. The zero-order valence-corrected chi connectivity index (χ0v) is 10.4. The first-order chi connectivity index (χ1) is 7.91. The highest BCUT2D eigenvalue weighted by Crippen LogP contribution is 2.28. The fourth-order valence-corrected chi connectivity index (χ4v) is 1.40. The summed E-state index contributed by atoms with van der Waals surface area (Å²) in [4.78, 5) is 34.0. The molecule has 17 heavy (non-hydrogen) atoms. The Morgan fingerprint density at radius 2 is 1.71 bits per heavy atom. The monoisotopic (exact) mass is 241 g/mol. The zero-order chi connectivity index (χ0) is 13.0. The van der Waals surface area contributed by atoms with Crippen LogP contribution in [-0.4, -0.2) is 23.8 Å². The molecule has 1 aliphatic carbocycles. The van der Waals surface area contributed by atoms with Crippen molar-refractivity contribution in [3.63, 3.8) is 0 Å². The predicted octanol–water partition coefficient (Wildman–Crippen LogP) is -0.296. The number of rotatable bonds is 4. The summed E-state index contributed by atoms with van der Waals surface area (Å²) in [6, 6.07) is -0.632. The molecule has 0 radical (unpaired) electrons. The number of carbonyl (C=O) groups excluding carboxylic acids is 3. The molecule has 6 nitrogen and oxygen atoms in total. The fourth-order valence-electron chi connectivity index (χ4n) is 1.40. The Morgan fingerprint density at radius 3 is 2.12 bits per heavy atom. The molecule has 1 rings (SSSR count). The third-order valence-electron chi connectivity index (χ3n) is 2.56. The van der Waals surface area contributed by atoms with Crippen LogP contribution in [0.15, 0.2) is 0 Å². The first-order valence-corrected chi connectivity index (χ1v) is 5.78. The van der Waals surface area contributed by atoms with E-state index in [1.54, 1.807) is 0 Å². The van der Waals surface area contributed by atoms with E-state index >= 15 is 0 Å². The van der Waals surface area contributed by atoms with Crippen molar-refractivity contribution in [2.24, 2.45) is 11.8 Å². The number of hydrogen-bond donors (Lipinski definition) is 3. The van der Waals surface area contributed by atoms with Gasteiger partial charge in [-0.1, -0.05) is 13.8 Å². The van der Waals surface area contributed by atoms with Gasteiger partial charge in [0.2, 0.25) is 11.8 Å². The Bertz CT molecular complexity index is 324. The van der Waals surface area contributed by atoms with Crippen molar-refractivity contribution in [2.45, 2.75) is 39.7 Å². The summed E-state index contributed by atoms with van der Waals surface area (Å²) < 4.78 is 0. The minimum atomic E-state index is -0.632. The molecule has 0 aromatic rings. The molecule has 1 atom stereocenters. The van der Waals surface area contributed by atoms with Gasteiger partial charge < -0.3 is 5.32 Å². The van der Waals surface area contributed by atoms with Crippen molar-refractivity contribution < 1.29 is 14.4 Å². The van der Waals surface area contributed by atoms with Gasteiger partial charge in [0.1, 0.15) is 6.04 Å². The first-order valence-electron chi connectivity index (χ1n) is 5.78. The van der Waals surface area contributed by atoms with E-state index in [-0.39, 0.29) is 23.7 Å². The lowest BCUT2D eigenvalue weighted by atomic mass is 10.0. The van der Waals surface area contributed by atoms with Gasteiger partial charge in [-0.05, 0) is 18.8 Å². The van der Waals surface area contributed by atoms with Crippen molar-refractivity contribution >= 4 is 17.7 Å². The van der Waals surface area contributed by atoms with Crippen molar-refractivity contribution in [1.82, 2.24) is 16.2 Å². The number of hydrazine groups is 1. The largest absolute Gasteiger partial charge is 0.344 e. The second kappa shape index (κ2) is 5.65. The minimum absolute atomic E-state index is 0.0357. The summed E-state index contributed by atoms with van der Waals surface area (Å²) in [5.74, 6) is -0.842. The number of hydrogen-bond acceptors (Lipinski definition) is 3. The molecule has 3 N–H and O–H groups in total. The third kappa shape index (κ3) is 4.42. The van der Waals surface area contributed by atoms with E-state index in [1.165, 1.54) is 6.92 Å². The highest BCUT2D eigenvalue weighted by Gasteiger charge is 2.30. The lowest BCUT2D eigenvalue weighted by molar-refractivity contribution is -0.133. The summed E-state index contributed by atoms with van der Waals surface area (Å²) >= 11 is 0. The van der Waals surface area contributed by atoms with Gasteiger partial charge in [0.05, 0.1) is 0 Å². The van der Waals surface area contributed by atoms with Crippen molar-refractivity contribution in [3.8, 4) is 0 Å². The molecule has 0 bridgehead atoms. The molecule has 1 unspecified atom stereocenters. The van der Waals surface area contributed by atoms with Crippen LogP contribution in [0, 0.1) is 11.8 Å². The number of amides is 3. The van der Waals surface area contributed by atoms with Crippen LogP contribution in [-0.2, 0) is 14.4 Å². The second-order valence-electron chi connectivity index (χ2n) is 4.67. The summed E-state index contributed by atoms with van der Waals surface area (Å²) in [7, 11) is 0. The normalized spacial score (nSPS) is 16.2. The van der Waals surface area contributed by atoms with E-state index in [1.807, 2.05) is 13.8 Å². The summed E-state index contributed by atoms with van der Waals surface area (Å²) in [5.41, 5.74) is 4.70. The molecule has 0 spiro atoms. The molecule has 3 amide bonds. The quantitative estimate of drug-likeness (QED) is 0.591. The van der Waals surface area contributed by atoms with Crippen LogP contribution in [0.1, 0.15) is 33.6 Å². The van der Waals surface area contributed by atoms with Crippen LogP contribution in [0.3, 0.4) is 0 Å². The lowest BCUT2D eigenvalue weighted by Crippen LogP contribution is -2.54. The zero-order valence-electron chi connectivity index (χ0n) is 10.4. The Morgan fingerprint density at radius 1 is 1.12 bits per heavy atom. The van der Waals surface area contributed by atoms with E-state index in [9.17, 15) is 14.4 Å². The van der Waals surface area contributed by atoms with E-state index in [0.29, 0.717) is 0 Å². The predicted molar refractivity (Wildman–Crippen MR) is 61.5 cm³/mol. The molecule has 96 valence electrons. The van der Waals surface area contributed by atoms with Gasteiger partial charge >= 0.3 is 0 Å². The molecule has 1 saturated carbocycles. The van der Waals surface area contributed by atoms with Gasteiger partial charge in [0.25, 0.3) is 5.91 Å². The van der Waals surface area contributed by atoms with Crippen LogP contribution in [0.2, 0.25) is 0 Å². The van der Waals surface area contributed by atoms with Gasteiger partial charge in [0.15, 0.2) is 0 Å². The molecule has 0 saturated heterocycles. The molecule has 0 aliphatic heterocycles. The molecular weight excluding hydrogens is 222 g/mol. The Hall–Kier alpha value is -1.59. The van der Waals surface area contributed by atoms with Crippen LogP contribution < -0.4 is 16.2 Å². The van der Waals surface area contributed by atoms with Crippen LogP contribution in [0.4, 0.5) is 0 Å². The number of nitrogens with one attached hydrogen (secondary N) is 3. The van der Waals surface area contributed by atoms with Crippen molar-refractivity contribution in [2.75, 3.05) is 0 Å². The molecule has 6 heteroatoms. The maximum absolute atomic E-state index is 11.7. The van der Waals surface area contributed by atoms with Gasteiger partial charge in [0, 0.05) is 12.8 Å².